The molecule has 1 N–H and O–H groups in total. The normalized spacial score (nSPS) is 10.7. The predicted molar refractivity (Wildman–Crippen MR) is 62.3 cm³/mol. The lowest BCUT2D eigenvalue weighted by Crippen LogP contribution is -2.06. The van der Waals surface area contributed by atoms with Crippen molar-refractivity contribution in [2.24, 2.45) is 0 Å². The molecular formula is C13H12F3NO. The molecule has 0 aliphatic rings. The lowest BCUT2D eigenvalue weighted by molar-refractivity contribution is -0.137. The molecule has 0 radical (unpaired) electrons. The first-order valence-corrected chi connectivity index (χ1v) is 5.28. The van der Waals surface area contributed by atoms with Crippen LogP contribution in [-0.4, -0.2) is 19.9 Å². The van der Waals surface area contributed by atoms with Crippen LogP contribution in [0.4, 0.5) is 13.2 Å². The Kier molecular flexibility index (Phi) is 4.93. The van der Waals surface area contributed by atoms with Crippen molar-refractivity contribution in [3.8, 4) is 11.8 Å². The summed E-state index contributed by atoms with van der Waals surface area (Å²) in [5.74, 6) is 5.35. The molecule has 0 amide bonds. The van der Waals surface area contributed by atoms with Gasteiger partial charge < -0.3 is 5.32 Å². The number of alkyl halides is 3. The van der Waals surface area contributed by atoms with Gasteiger partial charge in [0, 0.05) is 24.1 Å². The van der Waals surface area contributed by atoms with E-state index in [1.54, 1.807) is 7.05 Å². The maximum absolute atomic E-state index is 12.6. The van der Waals surface area contributed by atoms with Crippen molar-refractivity contribution in [1.82, 2.24) is 5.32 Å². The largest absolute Gasteiger partial charge is 0.416 e. The summed E-state index contributed by atoms with van der Waals surface area (Å²) in [5, 5.41) is 2.87. The SMILES string of the molecule is CNCCC#Cc1cc(C=O)cc(C(F)(F)F)c1. The van der Waals surface area contributed by atoms with Crippen molar-refractivity contribution in [1.29, 1.82) is 0 Å². The number of nitrogens with one attached hydrogen (secondary N) is 1. The predicted octanol–water partition coefficient (Wildman–Crippen LogP) is 2.48. The summed E-state index contributed by atoms with van der Waals surface area (Å²) in [6.45, 7) is 0.659. The average molecular weight is 255 g/mol. The number of aldehydes is 1. The number of carbonyl (C=O) groups is 1. The van der Waals surface area contributed by atoms with E-state index < -0.39 is 11.7 Å². The van der Waals surface area contributed by atoms with Crippen LogP contribution in [0.1, 0.15) is 27.9 Å². The molecule has 0 unspecified atom stereocenters. The number of carbonyl (C=O) groups excluding carboxylic acids is 1. The molecule has 0 saturated heterocycles. The number of benzene rings is 1. The molecule has 0 aromatic heterocycles. The summed E-state index contributed by atoms with van der Waals surface area (Å²) in [6.07, 6.45) is -3.56. The van der Waals surface area contributed by atoms with Crippen molar-refractivity contribution < 1.29 is 18.0 Å². The molecule has 5 heteroatoms. The summed E-state index contributed by atoms with van der Waals surface area (Å²) in [5.41, 5.74) is -0.684. The molecule has 0 heterocycles. The Morgan fingerprint density at radius 3 is 2.61 bits per heavy atom. The monoisotopic (exact) mass is 255 g/mol. The van der Waals surface area contributed by atoms with Crippen LogP contribution in [0.3, 0.4) is 0 Å². The standard InChI is InChI=1S/C13H12F3NO/c1-17-5-3-2-4-10-6-11(9-18)8-12(7-10)13(14,15)16/h6-9,17H,3,5H2,1H3. The Balaban J connectivity index is 3.04. The highest BCUT2D eigenvalue weighted by Gasteiger charge is 2.31. The van der Waals surface area contributed by atoms with Crippen LogP contribution in [0, 0.1) is 11.8 Å². The fraction of sp³-hybridized carbons (Fsp3) is 0.308. The van der Waals surface area contributed by atoms with Gasteiger partial charge in [0.1, 0.15) is 6.29 Å². The molecule has 1 aromatic carbocycles. The molecule has 2 nitrogen and oxygen atoms in total. The van der Waals surface area contributed by atoms with Crippen LogP contribution in [0.5, 0.6) is 0 Å². The van der Waals surface area contributed by atoms with Gasteiger partial charge in [-0.1, -0.05) is 11.8 Å². The van der Waals surface area contributed by atoms with Gasteiger partial charge in [-0.25, -0.2) is 0 Å². The summed E-state index contributed by atoms with van der Waals surface area (Å²) in [7, 11) is 1.76. The van der Waals surface area contributed by atoms with Gasteiger partial charge in [-0.15, -0.1) is 0 Å². The lowest BCUT2D eigenvalue weighted by atomic mass is 10.1. The fourth-order valence-corrected chi connectivity index (χ4v) is 1.31. The second-order valence-corrected chi connectivity index (χ2v) is 3.61. The van der Waals surface area contributed by atoms with E-state index >= 15 is 0 Å². The summed E-state index contributed by atoms with van der Waals surface area (Å²) in [6, 6.07) is 3.10. The van der Waals surface area contributed by atoms with E-state index in [2.05, 4.69) is 17.2 Å². The highest BCUT2D eigenvalue weighted by atomic mass is 19.4. The van der Waals surface area contributed by atoms with Gasteiger partial charge in [-0.3, -0.25) is 4.79 Å². The molecule has 1 rings (SSSR count). The van der Waals surface area contributed by atoms with Crippen LogP contribution in [-0.2, 0) is 6.18 Å². The second kappa shape index (κ2) is 6.22. The van der Waals surface area contributed by atoms with E-state index in [0.717, 1.165) is 12.1 Å². The minimum absolute atomic E-state index is 0.0252. The zero-order chi connectivity index (χ0) is 13.6. The summed E-state index contributed by atoms with van der Waals surface area (Å²) < 4.78 is 37.7. The maximum atomic E-state index is 12.6. The van der Waals surface area contributed by atoms with Gasteiger partial charge in [0.25, 0.3) is 0 Å². The molecule has 0 atom stereocenters. The third-order valence-corrected chi connectivity index (χ3v) is 2.15. The summed E-state index contributed by atoms with van der Waals surface area (Å²) >= 11 is 0. The zero-order valence-corrected chi connectivity index (χ0v) is 9.77. The Labute approximate surface area is 103 Å². The van der Waals surface area contributed by atoms with E-state index in [1.165, 1.54) is 6.07 Å². The first-order chi connectivity index (χ1) is 8.47. The average Bonchev–Trinajstić information content (AvgIpc) is 2.33. The van der Waals surface area contributed by atoms with Crippen LogP contribution >= 0.6 is 0 Å². The van der Waals surface area contributed by atoms with Crippen molar-refractivity contribution in [3.63, 3.8) is 0 Å². The second-order valence-electron chi connectivity index (χ2n) is 3.61. The Morgan fingerprint density at radius 1 is 1.33 bits per heavy atom. The smallest absolute Gasteiger partial charge is 0.319 e. The number of hydrogen-bond donors (Lipinski definition) is 1. The summed E-state index contributed by atoms with van der Waals surface area (Å²) in [4.78, 5) is 10.6. The van der Waals surface area contributed by atoms with Crippen LogP contribution in [0.25, 0.3) is 0 Å². The van der Waals surface area contributed by atoms with Crippen molar-refractivity contribution in [3.05, 3.63) is 34.9 Å². The van der Waals surface area contributed by atoms with Gasteiger partial charge in [-0.05, 0) is 25.2 Å². The molecule has 0 aliphatic carbocycles. The molecule has 0 fully saturated rings. The highest BCUT2D eigenvalue weighted by molar-refractivity contribution is 5.76. The molecule has 0 spiro atoms. The maximum Gasteiger partial charge on any atom is 0.416 e. The van der Waals surface area contributed by atoms with E-state index in [9.17, 15) is 18.0 Å². The van der Waals surface area contributed by atoms with Crippen LogP contribution < -0.4 is 5.32 Å². The Bertz CT molecular complexity index is 483. The van der Waals surface area contributed by atoms with Gasteiger partial charge in [0.15, 0.2) is 0 Å². The number of halogens is 3. The molecule has 0 saturated carbocycles. The molecule has 18 heavy (non-hydrogen) atoms. The molecule has 0 bridgehead atoms. The van der Waals surface area contributed by atoms with Crippen molar-refractivity contribution in [2.75, 3.05) is 13.6 Å². The van der Waals surface area contributed by atoms with E-state index in [0.29, 0.717) is 19.3 Å². The fourth-order valence-electron chi connectivity index (χ4n) is 1.31. The van der Waals surface area contributed by atoms with E-state index in [1.807, 2.05) is 0 Å². The first-order valence-electron chi connectivity index (χ1n) is 5.28. The van der Waals surface area contributed by atoms with Crippen LogP contribution in [0.15, 0.2) is 18.2 Å². The minimum Gasteiger partial charge on any atom is -0.319 e. The van der Waals surface area contributed by atoms with Crippen molar-refractivity contribution in [2.45, 2.75) is 12.6 Å². The first kappa shape index (κ1) is 14.3. The van der Waals surface area contributed by atoms with Crippen molar-refractivity contribution >= 4 is 6.29 Å². The zero-order valence-electron chi connectivity index (χ0n) is 9.77. The minimum atomic E-state index is -4.47. The Hall–Kier alpha value is -1.80. The molecule has 1 aromatic rings. The molecule has 96 valence electrons. The Morgan fingerprint density at radius 2 is 2.06 bits per heavy atom. The van der Waals surface area contributed by atoms with E-state index in [4.69, 9.17) is 0 Å². The molecular weight excluding hydrogens is 243 g/mol. The number of hydrogen-bond acceptors (Lipinski definition) is 2. The van der Waals surface area contributed by atoms with Gasteiger partial charge in [-0.2, -0.15) is 13.2 Å². The highest BCUT2D eigenvalue weighted by Crippen LogP contribution is 2.30. The van der Waals surface area contributed by atoms with Gasteiger partial charge >= 0.3 is 6.18 Å². The quantitative estimate of drug-likeness (QED) is 0.510. The van der Waals surface area contributed by atoms with Gasteiger partial charge in [0.05, 0.1) is 5.56 Å². The topological polar surface area (TPSA) is 29.1 Å². The number of rotatable bonds is 3. The third kappa shape index (κ3) is 4.22. The third-order valence-electron chi connectivity index (χ3n) is 2.15. The van der Waals surface area contributed by atoms with Gasteiger partial charge in [0.2, 0.25) is 0 Å². The van der Waals surface area contributed by atoms with E-state index in [-0.39, 0.29) is 11.1 Å². The van der Waals surface area contributed by atoms with Crippen LogP contribution in [0.2, 0.25) is 0 Å². The lowest BCUT2D eigenvalue weighted by Gasteiger charge is -2.07. The molecule has 0 aliphatic heterocycles.